The Morgan fingerprint density at radius 1 is 1.00 bits per heavy atom. The Labute approximate surface area is 223 Å². The number of hydrogen-bond donors (Lipinski definition) is 3. The van der Waals surface area contributed by atoms with E-state index < -0.39 is 36.3 Å². The predicted octanol–water partition coefficient (Wildman–Crippen LogP) is 2.75. The number of hydrogen-bond acceptors (Lipinski definition) is 6. The molecule has 2 atom stereocenters. The Balaban J connectivity index is 1.42. The fourth-order valence-electron chi connectivity index (χ4n) is 4.58. The molecule has 0 amide bonds. The second-order valence-corrected chi connectivity index (χ2v) is 9.84. The summed E-state index contributed by atoms with van der Waals surface area (Å²) in [5, 5.41) is 22.1. The van der Waals surface area contributed by atoms with Gasteiger partial charge >= 0.3 is 5.97 Å². The summed E-state index contributed by atoms with van der Waals surface area (Å²) >= 11 is -2.45. The van der Waals surface area contributed by atoms with E-state index in [2.05, 4.69) is 16.7 Å². The number of carbonyl (C=O) groups excluding carboxylic acids is 1. The summed E-state index contributed by atoms with van der Waals surface area (Å²) in [5.74, 6) is 5.21. The van der Waals surface area contributed by atoms with Crippen molar-refractivity contribution in [2.45, 2.75) is 19.4 Å². The molecule has 3 aromatic rings. The molecular weight excluding hydrogens is 506 g/mol. The van der Waals surface area contributed by atoms with Crippen molar-refractivity contribution in [2.75, 3.05) is 37.7 Å². The summed E-state index contributed by atoms with van der Waals surface area (Å²) < 4.78 is 22.7. The Hall–Kier alpha value is -3.59. The minimum absolute atomic E-state index is 0.0166. The zero-order valence-corrected chi connectivity index (χ0v) is 21.7. The number of rotatable bonds is 8. The molecule has 1 aliphatic rings. The number of aliphatic hydroxyl groups excluding tert-OH is 1. The zero-order chi connectivity index (χ0) is 27.2. The molecule has 0 saturated carbocycles. The number of carboxylic acid groups (broad SMARTS) is 1. The van der Waals surface area contributed by atoms with Crippen LogP contribution in [0.25, 0.3) is 10.8 Å². The number of aliphatic carboxylic acids is 1. The van der Waals surface area contributed by atoms with Crippen molar-refractivity contribution >= 4 is 39.5 Å². The fourth-order valence-corrected chi connectivity index (χ4v) is 5.34. The van der Waals surface area contributed by atoms with Gasteiger partial charge in [0, 0.05) is 48.6 Å². The molecule has 0 aromatic heterocycles. The van der Waals surface area contributed by atoms with Crippen LogP contribution in [-0.2, 0) is 16.1 Å². The monoisotopic (exact) mass is 535 g/mol. The molecule has 9 nitrogen and oxygen atoms in total. The van der Waals surface area contributed by atoms with Gasteiger partial charge in [0.25, 0.3) is 0 Å². The lowest BCUT2D eigenvalue weighted by molar-refractivity contribution is -0.139. The summed E-state index contributed by atoms with van der Waals surface area (Å²) in [6.07, 6.45) is -0.442. The fraction of sp³-hybridized carbons (Fsp3) is 0.286. The van der Waals surface area contributed by atoms with Gasteiger partial charge in [0.15, 0.2) is 5.78 Å². The maximum atomic E-state index is 12.0. The van der Waals surface area contributed by atoms with E-state index in [1.165, 1.54) is 0 Å². The Kier molecular flexibility index (Phi) is 8.89. The number of benzene rings is 3. The summed E-state index contributed by atoms with van der Waals surface area (Å²) in [7, 11) is 0. The molecule has 1 fully saturated rings. The highest BCUT2D eigenvalue weighted by Crippen LogP contribution is 2.22. The lowest BCUT2D eigenvalue weighted by atomic mass is 10.00. The molecule has 38 heavy (non-hydrogen) atoms. The van der Waals surface area contributed by atoms with Crippen molar-refractivity contribution < 1.29 is 28.6 Å². The van der Waals surface area contributed by atoms with Crippen LogP contribution < -0.4 is 4.90 Å². The predicted molar refractivity (Wildman–Crippen MR) is 146 cm³/mol. The largest absolute Gasteiger partial charge is 0.481 e. The minimum Gasteiger partial charge on any atom is -0.481 e. The molecular formula is C28H29N3O6S. The maximum Gasteiger partial charge on any atom is 0.305 e. The Bertz CT molecular complexity index is 1410. The molecule has 1 heterocycles. The number of carboxylic acids is 1. The van der Waals surface area contributed by atoms with Crippen LogP contribution in [0.5, 0.6) is 0 Å². The Morgan fingerprint density at radius 3 is 2.26 bits per heavy atom. The van der Waals surface area contributed by atoms with Crippen molar-refractivity contribution in [3.8, 4) is 11.8 Å². The average Bonchev–Trinajstić information content (AvgIpc) is 2.91. The van der Waals surface area contributed by atoms with Gasteiger partial charge in [-0.3, -0.25) is 14.1 Å². The molecule has 0 radical (unpaired) electrons. The van der Waals surface area contributed by atoms with Gasteiger partial charge in [-0.05, 0) is 54.1 Å². The first-order chi connectivity index (χ1) is 18.3. The van der Waals surface area contributed by atoms with Crippen LogP contribution in [0, 0.1) is 11.8 Å². The molecule has 1 saturated heterocycles. The van der Waals surface area contributed by atoms with Gasteiger partial charge in [-0.25, -0.2) is 9.22 Å². The molecule has 198 valence electrons. The molecule has 3 N–H and O–H groups in total. The van der Waals surface area contributed by atoms with Gasteiger partial charge in [-0.15, -0.1) is 4.41 Å². The van der Waals surface area contributed by atoms with Crippen LogP contribution in [-0.4, -0.2) is 79.0 Å². The standard InChI is InChI=1S/C28H29N3O6S/c1-20(33)26-4-2-3-23-10-7-22(17-27(23)26)6-5-21-8-11-24(12-9-21)29-13-15-30(16-14-29)31(38(36)37)25(19-32)18-28(34)35/h2-4,7-12,17,25,32H,13-16,18-19H2,1H3,(H,34,35)(H,36,37). The molecule has 3 aromatic carbocycles. The normalized spacial score (nSPS) is 15.6. The number of nitrogens with zero attached hydrogens (tertiary/aromatic N) is 3. The van der Waals surface area contributed by atoms with E-state index in [1.54, 1.807) is 11.9 Å². The molecule has 1 aliphatic heterocycles. The van der Waals surface area contributed by atoms with Crippen molar-refractivity contribution in [1.29, 1.82) is 0 Å². The van der Waals surface area contributed by atoms with Crippen molar-refractivity contribution in [3.05, 3.63) is 77.4 Å². The molecule has 2 unspecified atom stereocenters. The van der Waals surface area contributed by atoms with E-state index in [9.17, 15) is 23.5 Å². The summed E-state index contributed by atoms with van der Waals surface area (Å²) in [6, 6.07) is 18.3. The first-order valence-corrected chi connectivity index (χ1v) is 13.2. The summed E-state index contributed by atoms with van der Waals surface area (Å²) in [4.78, 5) is 25.2. The molecule has 0 spiro atoms. The first-order valence-electron chi connectivity index (χ1n) is 12.2. The van der Waals surface area contributed by atoms with E-state index in [1.807, 2.05) is 60.7 Å². The van der Waals surface area contributed by atoms with Gasteiger partial charge in [0.1, 0.15) is 0 Å². The maximum absolute atomic E-state index is 12.0. The third-order valence-electron chi connectivity index (χ3n) is 6.47. The third-order valence-corrected chi connectivity index (χ3v) is 7.32. The zero-order valence-electron chi connectivity index (χ0n) is 20.9. The van der Waals surface area contributed by atoms with Gasteiger partial charge in [-0.1, -0.05) is 36.1 Å². The second-order valence-electron chi connectivity index (χ2n) is 9.00. The third kappa shape index (κ3) is 6.45. The minimum atomic E-state index is -2.45. The number of piperazine rings is 1. The smallest absolute Gasteiger partial charge is 0.305 e. The van der Waals surface area contributed by atoms with Crippen LogP contribution in [0.3, 0.4) is 0 Å². The number of anilines is 1. The van der Waals surface area contributed by atoms with Crippen molar-refractivity contribution in [2.24, 2.45) is 0 Å². The number of hydrazine groups is 1. The van der Waals surface area contributed by atoms with Gasteiger partial charge in [0.05, 0.1) is 19.1 Å². The summed E-state index contributed by atoms with van der Waals surface area (Å²) in [6.45, 7) is 2.92. The molecule has 0 bridgehead atoms. The van der Waals surface area contributed by atoms with Gasteiger partial charge < -0.3 is 15.1 Å². The summed E-state index contributed by atoms with van der Waals surface area (Å²) in [5.41, 5.74) is 3.32. The molecule has 0 aliphatic carbocycles. The van der Waals surface area contributed by atoms with E-state index in [-0.39, 0.29) is 5.78 Å². The number of Topliss-reactive ketones (excluding diaryl/α,β-unsaturated/α-hetero) is 1. The van der Waals surface area contributed by atoms with E-state index in [0.29, 0.717) is 31.7 Å². The highest BCUT2D eigenvalue weighted by Gasteiger charge is 2.32. The van der Waals surface area contributed by atoms with Crippen LogP contribution in [0.1, 0.15) is 34.8 Å². The highest BCUT2D eigenvalue weighted by atomic mass is 32.2. The van der Waals surface area contributed by atoms with E-state index >= 15 is 0 Å². The molecule has 10 heteroatoms. The first kappa shape index (κ1) is 27.4. The van der Waals surface area contributed by atoms with E-state index in [0.717, 1.165) is 32.0 Å². The topological polar surface area (TPSA) is 122 Å². The van der Waals surface area contributed by atoms with Crippen molar-refractivity contribution in [1.82, 2.24) is 9.42 Å². The number of aliphatic hydroxyl groups is 1. The lowest BCUT2D eigenvalue weighted by Gasteiger charge is -2.42. The number of fused-ring (bicyclic) bond motifs is 1. The number of carbonyl (C=O) groups is 2. The van der Waals surface area contributed by atoms with E-state index in [4.69, 9.17) is 5.11 Å². The van der Waals surface area contributed by atoms with Gasteiger partial charge in [0.2, 0.25) is 11.3 Å². The van der Waals surface area contributed by atoms with Crippen molar-refractivity contribution in [3.63, 3.8) is 0 Å². The van der Waals surface area contributed by atoms with Crippen LogP contribution >= 0.6 is 0 Å². The highest BCUT2D eigenvalue weighted by molar-refractivity contribution is 7.76. The SMILES string of the molecule is CC(=O)c1cccc2ccc(C#Cc3ccc(N4CCN(N(C(CO)CC(=O)O)S(=O)O)CC4)cc3)cc12. The van der Waals surface area contributed by atoms with Crippen LogP contribution in [0.2, 0.25) is 0 Å². The average molecular weight is 536 g/mol. The van der Waals surface area contributed by atoms with Crippen LogP contribution in [0.15, 0.2) is 60.7 Å². The van der Waals surface area contributed by atoms with Crippen LogP contribution in [0.4, 0.5) is 5.69 Å². The number of ketones is 1. The lowest BCUT2D eigenvalue weighted by Crippen LogP contribution is -2.58. The van der Waals surface area contributed by atoms with Gasteiger partial charge in [-0.2, -0.15) is 0 Å². The quantitative estimate of drug-likeness (QED) is 0.229. The molecule has 4 rings (SSSR count). The second kappa shape index (κ2) is 12.3. The Morgan fingerprint density at radius 2 is 1.66 bits per heavy atom.